The van der Waals surface area contributed by atoms with Crippen molar-refractivity contribution in [3.05, 3.63) is 77.9 Å². The second-order valence-corrected chi connectivity index (χ2v) is 24.6. The topological polar surface area (TPSA) is 395 Å². The molecule has 9 rings (SSSR count). The molecule has 88 heavy (non-hydrogen) atoms. The molecule has 1 saturated carbocycles. The molecule has 4 aliphatic heterocycles. The van der Waals surface area contributed by atoms with Gasteiger partial charge in [-0.15, -0.1) is 10.2 Å². The predicted molar refractivity (Wildman–Crippen MR) is 320 cm³/mol. The number of aromatic nitrogens is 2. The molecule has 7 amide bonds. The summed E-state index contributed by atoms with van der Waals surface area (Å²) < 4.78 is 5.20. The number of aliphatic hydroxyl groups is 6. The van der Waals surface area contributed by atoms with E-state index in [1.54, 1.807) is 19.1 Å². The molecule has 28 heteroatoms. The summed E-state index contributed by atoms with van der Waals surface area (Å²) in [6.07, 6.45) is -6.50. The number of carbonyl (C=O) groups excluding carboxylic acids is 7. The van der Waals surface area contributed by atoms with Gasteiger partial charge in [0.05, 0.1) is 43.7 Å². The first kappa shape index (κ1) is 65.0. The molecule has 14 N–H and O–H groups in total. The van der Waals surface area contributed by atoms with Crippen molar-refractivity contribution in [3.8, 4) is 32.6 Å². The molecule has 0 unspecified atom stereocenters. The van der Waals surface area contributed by atoms with Crippen LogP contribution in [0.3, 0.4) is 0 Å². The van der Waals surface area contributed by atoms with Crippen LogP contribution in [-0.2, 0) is 35.2 Å². The van der Waals surface area contributed by atoms with Crippen LogP contribution in [0, 0.1) is 5.92 Å². The third kappa shape index (κ3) is 15.0. The van der Waals surface area contributed by atoms with Crippen LogP contribution in [-0.4, -0.2) is 240 Å². The van der Waals surface area contributed by atoms with E-state index in [1.165, 1.54) is 74.5 Å². The van der Waals surface area contributed by atoms with E-state index < -0.39 is 152 Å². The first-order valence-electron chi connectivity index (χ1n) is 29.9. The van der Waals surface area contributed by atoms with E-state index in [4.69, 9.17) is 10.5 Å². The lowest BCUT2D eigenvalue weighted by Gasteiger charge is -2.39. The summed E-state index contributed by atoms with van der Waals surface area (Å²) in [5.74, 6) is -8.49. The zero-order valence-electron chi connectivity index (χ0n) is 49.3. The maximum atomic E-state index is 14.7. The number of hydrogen-bond donors (Lipinski definition) is 13. The monoisotopic (exact) mass is 1240 g/mol. The van der Waals surface area contributed by atoms with E-state index in [9.17, 15) is 69.3 Å². The number of nitrogens with one attached hydrogen (secondary N) is 5. The molecule has 0 bridgehead atoms. The first-order chi connectivity index (χ1) is 42.1. The molecule has 4 aromatic rings. The fourth-order valence-corrected chi connectivity index (χ4v) is 13.2. The van der Waals surface area contributed by atoms with Gasteiger partial charge in [0.2, 0.25) is 35.4 Å². The Morgan fingerprint density at radius 3 is 2.01 bits per heavy atom. The van der Waals surface area contributed by atoms with Crippen molar-refractivity contribution in [2.75, 3.05) is 64.4 Å². The van der Waals surface area contributed by atoms with Crippen molar-refractivity contribution in [3.63, 3.8) is 0 Å². The van der Waals surface area contributed by atoms with Crippen LogP contribution in [0.4, 0.5) is 5.69 Å². The molecule has 13 atom stereocenters. The molecule has 5 fully saturated rings. The normalized spacial score (nSPS) is 27.7. The quantitative estimate of drug-likeness (QED) is 0.0646. The predicted octanol–water partition coefficient (Wildman–Crippen LogP) is -2.05. The number of anilines is 1. The SMILES string of the molecule is COc1cc(C[C@@H](O)[C@@H]2NC(=O)[C@@H]3C[C@@H](O)CN3C(=O)[C@H]([C@@H](C)O)NC(=O)[C@@H](NC(=O)c3ccc(-c4nnc(-c5ccc(N6CCN(C7CCCC7)CC6)cc5)s4)cc3)C[C@@H](O)CNC(=O)[C@@H]3[C@@H](O)[C@@H](C)CN3C(=O)[C@H]([C@H](O)CCN)NC2=O)ccc1O. The molecule has 1 aromatic heterocycles. The second kappa shape index (κ2) is 28.8. The Hall–Kier alpha value is -7.41. The smallest absolute Gasteiger partial charge is 0.251 e. The fraction of sp³-hybridized carbons (Fsp3) is 0.550. The number of nitrogens with zero attached hydrogens (tertiary/aromatic N) is 6. The lowest BCUT2D eigenvalue weighted by molar-refractivity contribution is -0.147. The number of phenols is 1. The average Bonchev–Trinajstić information content (AvgIpc) is 2.95. The molecule has 4 saturated heterocycles. The summed E-state index contributed by atoms with van der Waals surface area (Å²) in [6.45, 7) is 5.07. The third-order valence-corrected chi connectivity index (χ3v) is 18.4. The Morgan fingerprint density at radius 2 is 1.38 bits per heavy atom. The number of piperazine rings is 1. The van der Waals surface area contributed by atoms with Crippen molar-refractivity contribution in [1.82, 2.24) is 51.5 Å². The molecule has 27 nitrogen and oxygen atoms in total. The van der Waals surface area contributed by atoms with Crippen molar-refractivity contribution >= 4 is 58.4 Å². The number of carbonyl (C=O) groups is 7. The summed E-state index contributed by atoms with van der Waals surface area (Å²) in [6, 6.07) is 8.36. The lowest BCUT2D eigenvalue weighted by atomic mass is 9.98. The van der Waals surface area contributed by atoms with Gasteiger partial charge in [-0.25, -0.2) is 0 Å². The van der Waals surface area contributed by atoms with Gasteiger partial charge in [0.1, 0.15) is 46.3 Å². The van der Waals surface area contributed by atoms with Crippen LogP contribution in [0.15, 0.2) is 66.7 Å². The van der Waals surface area contributed by atoms with E-state index >= 15 is 0 Å². The number of aromatic hydroxyl groups is 1. The minimum Gasteiger partial charge on any atom is -0.504 e. The number of methoxy groups -OCH3 is 1. The second-order valence-electron chi connectivity index (χ2n) is 23.6. The van der Waals surface area contributed by atoms with Crippen LogP contribution < -0.4 is 42.0 Å². The summed E-state index contributed by atoms with van der Waals surface area (Å²) >= 11 is 1.35. The van der Waals surface area contributed by atoms with Crippen LogP contribution in [0.2, 0.25) is 0 Å². The molecule has 476 valence electrons. The maximum absolute atomic E-state index is 14.7. The number of amides is 7. The van der Waals surface area contributed by atoms with Gasteiger partial charge >= 0.3 is 0 Å². The van der Waals surface area contributed by atoms with Gasteiger partial charge in [0.15, 0.2) is 11.5 Å². The molecule has 5 heterocycles. The van der Waals surface area contributed by atoms with Gasteiger partial charge in [-0.3, -0.25) is 38.5 Å². The highest BCUT2D eigenvalue weighted by Crippen LogP contribution is 2.33. The van der Waals surface area contributed by atoms with Gasteiger partial charge < -0.3 is 87.5 Å². The van der Waals surface area contributed by atoms with Crippen molar-refractivity contribution in [1.29, 1.82) is 0 Å². The van der Waals surface area contributed by atoms with Gasteiger partial charge in [-0.2, -0.15) is 0 Å². The van der Waals surface area contributed by atoms with E-state index in [0.717, 1.165) is 54.2 Å². The van der Waals surface area contributed by atoms with Gasteiger partial charge in [0, 0.05) is 99.4 Å². The maximum Gasteiger partial charge on any atom is 0.251 e. The van der Waals surface area contributed by atoms with Gasteiger partial charge in [-0.05, 0) is 86.8 Å². The Balaban J connectivity index is 0.959. The molecule has 0 radical (unpaired) electrons. The molecule has 1 aliphatic carbocycles. The summed E-state index contributed by atoms with van der Waals surface area (Å²) in [7, 11) is 1.28. The van der Waals surface area contributed by atoms with E-state index in [-0.39, 0.29) is 42.1 Å². The Bertz CT molecular complexity index is 3130. The highest BCUT2D eigenvalue weighted by Gasteiger charge is 2.50. The number of fused-ring (bicyclic) bond motifs is 2. The number of hydrogen-bond acceptors (Lipinski definition) is 21. The lowest BCUT2D eigenvalue weighted by Crippen LogP contribution is -2.64. The van der Waals surface area contributed by atoms with E-state index in [2.05, 4.69) is 58.7 Å². The van der Waals surface area contributed by atoms with E-state index in [1.807, 2.05) is 12.1 Å². The number of ether oxygens (including phenoxy) is 1. The Labute approximate surface area is 512 Å². The molecular weight excluding hydrogens is 1160 g/mol. The van der Waals surface area contributed by atoms with Crippen LogP contribution in [0.25, 0.3) is 21.1 Å². The molecule has 5 aliphatic rings. The molecular formula is C60H80N12O15S. The summed E-state index contributed by atoms with van der Waals surface area (Å²) in [5, 5.41) is 101. The van der Waals surface area contributed by atoms with Gasteiger partial charge in [-0.1, -0.05) is 49.3 Å². The van der Waals surface area contributed by atoms with Crippen molar-refractivity contribution < 1.29 is 74.0 Å². The molecule has 0 spiro atoms. The minimum atomic E-state index is -2.02. The van der Waals surface area contributed by atoms with Gasteiger partial charge in [0.25, 0.3) is 5.91 Å². The van der Waals surface area contributed by atoms with E-state index in [0.29, 0.717) is 21.6 Å². The Morgan fingerprint density at radius 1 is 0.750 bits per heavy atom. The fourth-order valence-electron chi connectivity index (χ4n) is 12.4. The first-order valence-corrected chi connectivity index (χ1v) is 30.7. The molecule has 3 aromatic carbocycles. The largest absolute Gasteiger partial charge is 0.504 e. The zero-order valence-corrected chi connectivity index (χ0v) is 50.1. The highest BCUT2D eigenvalue weighted by atomic mass is 32.1. The highest BCUT2D eigenvalue weighted by molar-refractivity contribution is 7.17. The van der Waals surface area contributed by atoms with Crippen LogP contribution in [0.5, 0.6) is 11.5 Å². The number of aliphatic hydroxyl groups excluding tert-OH is 6. The summed E-state index contributed by atoms with van der Waals surface area (Å²) in [5.41, 5.74) is 8.79. The van der Waals surface area contributed by atoms with Crippen molar-refractivity contribution in [2.24, 2.45) is 11.7 Å². The number of benzene rings is 3. The number of nitrogens with two attached hydrogens (primary N) is 1. The number of rotatable bonds is 14. The zero-order chi connectivity index (χ0) is 63.1. The third-order valence-electron chi connectivity index (χ3n) is 17.3. The average molecular weight is 1240 g/mol. The number of phenolic OH excluding ortho intramolecular Hbond substituents is 1. The van der Waals surface area contributed by atoms with Crippen LogP contribution in [0.1, 0.15) is 74.7 Å². The minimum absolute atomic E-state index is 0.00122. The summed E-state index contributed by atoms with van der Waals surface area (Å²) in [4.78, 5) is 108. The van der Waals surface area contributed by atoms with Crippen molar-refractivity contribution in [2.45, 2.75) is 144 Å². The standard InChI is InChI=1S/C60H80N12O15S/c1-31-29-72-50(51(31)79)56(84)62-28-39(74)26-41(63-52(80)34-9-11-35(12-10-34)57-67-68-58(88-57)36-13-15-38(16-14-36)70-22-20-69(21-23-70)37-6-4-5-7-37)53(81)64-47(32(2)73)59(85)71-30-40(75)27-42(71)54(82)65-48(55(83)66-49(60(72)86)44(77)18-19-61)45(78)24-33-8-17-43(76)46(25-33)87-3/h8-17,25,31-32,37,39-42,44-45,47-51,73-79H,4-7,18-24,26-30,61H2,1-3H3,(H,62,84)(H,63,80)(H,64,81)(H,65,82)(H,66,83)/t31-,32+,39+,40+,41-,42-,44+,45+,47-,48-,49-,50-,51-/m0/s1. The van der Waals surface area contributed by atoms with Crippen LogP contribution >= 0.6 is 11.3 Å². The number of β-amino-alcohol motifs (C(OH)–C–C–N with tert-alkyl or cyclic N) is 1. The Kier molecular flexibility index (Phi) is 21.3.